The Balaban J connectivity index is 1.89. The van der Waals surface area contributed by atoms with Crippen molar-refractivity contribution in [2.24, 2.45) is 5.92 Å². The molecule has 96 valence electrons. The molecule has 1 aliphatic carbocycles. The Bertz CT molecular complexity index is 446. The second-order valence-corrected chi connectivity index (χ2v) is 7.43. The topological polar surface area (TPSA) is 74.8 Å². The maximum Gasteiger partial charge on any atom is 0.257 e. The lowest BCUT2D eigenvalue weighted by Crippen LogP contribution is -2.32. The van der Waals surface area contributed by atoms with Crippen LogP contribution >= 0.6 is 15.9 Å². The molecule has 2 N–H and O–H groups in total. The molecule has 0 amide bonds. The molecule has 2 rings (SSSR count). The highest BCUT2D eigenvalue weighted by molar-refractivity contribution is 9.09. The maximum absolute atomic E-state index is 11.8. The summed E-state index contributed by atoms with van der Waals surface area (Å²) in [5.74, 6) is 0.422. The third kappa shape index (κ3) is 3.53. The summed E-state index contributed by atoms with van der Waals surface area (Å²) in [4.78, 5) is 0.526. The number of alkyl halides is 1. The molecule has 2 unspecified atom stereocenters. The van der Waals surface area contributed by atoms with Gasteiger partial charge >= 0.3 is 0 Å². The Labute approximate surface area is 110 Å². The van der Waals surface area contributed by atoms with Crippen molar-refractivity contribution in [3.63, 3.8) is 0 Å². The van der Waals surface area contributed by atoms with E-state index >= 15 is 0 Å². The monoisotopic (exact) mass is 321 g/mol. The summed E-state index contributed by atoms with van der Waals surface area (Å²) in [7, 11) is -3.42. The van der Waals surface area contributed by atoms with Gasteiger partial charge in [0, 0.05) is 11.4 Å². The average Bonchev–Trinajstić information content (AvgIpc) is 2.81. The van der Waals surface area contributed by atoms with Gasteiger partial charge in [0.05, 0.1) is 6.20 Å². The minimum Gasteiger partial charge on any atom is -0.266 e. The Kier molecular flexibility index (Phi) is 4.22. The number of halogens is 1. The van der Waals surface area contributed by atoms with Crippen LogP contribution in [0.3, 0.4) is 0 Å². The third-order valence-corrected chi connectivity index (χ3v) is 5.23. The molecule has 1 aliphatic rings. The summed E-state index contributed by atoms with van der Waals surface area (Å²) in [5, 5.41) is 6.24. The molecule has 1 heterocycles. The van der Waals surface area contributed by atoms with Gasteiger partial charge in [-0.05, 0) is 31.2 Å². The lowest BCUT2D eigenvalue weighted by molar-refractivity contribution is 0.367. The van der Waals surface area contributed by atoms with E-state index in [0.29, 0.717) is 17.3 Å². The Morgan fingerprint density at radius 2 is 2.35 bits per heavy atom. The van der Waals surface area contributed by atoms with Crippen molar-refractivity contribution in [3.8, 4) is 0 Å². The molecule has 0 bridgehead atoms. The fraction of sp³-hybridized carbons (Fsp3) is 0.700. The molecule has 1 fully saturated rings. The average molecular weight is 322 g/mol. The fourth-order valence-electron chi connectivity index (χ4n) is 2.11. The Morgan fingerprint density at radius 1 is 1.53 bits per heavy atom. The van der Waals surface area contributed by atoms with Crippen LogP contribution in [0, 0.1) is 5.92 Å². The molecule has 2 atom stereocenters. The quantitative estimate of drug-likeness (QED) is 0.828. The van der Waals surface area contributed by atoms with Crippen molar-refractivity contribution >= 4 is 26.0 Å². The zero-order chi connectivity index (χ0) is 12.3. The number of hydrogen-bond acceptors (Lipinski definition) is 3. The largest absolute Gasteiger partial charge is 0.266 e. The summed E-state index contributed by atoms with van der Waals surface area (Å²) >= 11 is 3.59. The predicted octanol–water partition coefficient (Wildman–Crippen LogP) is 1.64. The number of nitrogens with one attached hydrogen (secondary N) is 2. The molecule has 1 aromatic heterocycles. The Morgan fingerprint density at radius 3 is 3.00 bits per heavy atom. The molecule has 7 heteroatoms. The van der Waals surface area contributed by atoms with E-state index in [4.69, 9.17) is 0 Å². The smallest absolute Gasteiger partial charge is 0.257 e. The number of aromatic nitrogens is 2. The van der Waals surface area contributed by atoms with Gasteiger partial charge in [0.2, 0.25) is 0 Å². The van der Waals surface area contributed by atoms with Crippen LogP contribution in [0.25, 0.3) is 0 Å². The normalized spacial score (nSPS) is 25.9. The maximum atomic E-state index is 11.8. The van der Waals surface area contributed by atoms with Crippen LogP contribution in [-0.2, 0) is 10.0 Å². The molecule has 1 aromatic rings. The van der Waals surface area contributed by atoms with E-state index in [2.05, 4.69) is 30.8 Å². The van der Waals surface area contributed by atoms with Crippen LogP contribution in [0.2, 0.25) is 0 Å². The molecule has 17 heavy (non-hydrogen) atoms. The van der Waals surface area contributed by atoms with E-state index in [9.17, 15) is 8.42 Å². The highest BCUT2D eigenvalue weighted by atomic mass is 79.9. The van der Waals surface area contributed by atoms with E-state index in [1.807, 2.05) is 0 Å². The van der Waals surface area contributed by atoms with E-state index in [-0.39, 0.29) is 5.03 Å². The zero-order valence-corrected chi connectivity index (χ0v) is 11.8. The van der Waals surface area contributed by atoms with Gasteiger partial charge in [-0.1, -0.05) is 22.4 Å². The summed E-state index contributed by atoms with van der Waals surface area (Å²) < 4.78 is 26.3. The second kappa shape index (κ2) is 5.49. The number of aromatic amines is 1. The zero-order valence-electron chi connectivity index (χ0n) is 9.39. The van der Waals surface area contributed by atoms with Gasteiger partial charge in [0.1, 0.15) is 0 Å². The summed E-state index contributed by atoms with van der Waals surface area (Å²) in [6.45, 7) is 0.503. The van der Waals surface area contributed by atoms with Crippen LogP contribution in [-0.4, -0.2) is 30.0 Å². The van der Waals surface area contributed by atoms with Crippen LogP contribution in [0.15, 0.2) is 17.3 Å². The first kappa shape index (κ1) is 13.0. The summed E-state index contributed by atoms with van der Waals surface area (Å²) in [6.07, 6.45) is 5.90. The van der Waals surface area contributed by atoms with Crippen molar-refractivity contribution in [1.29, 1.82) is 0 Å². The van der Waals surface area contributed by atoms with Crippen molar-refractivity contribution < 1.29 is 8.42 Å². The lowest BCUT2D eigenvalue weighted by Gasteiger charge is -2.25. The highest BCUT2D eigenvalue weighted by Gasteiger charge is 2.22. The van der Waals surface area contributed by atoms with E-state index in [0.717, 1.165) is 19.3 Å². The Hall–Kier alpha value is -0.400. The number of rotatable bonds is 4. The minimum absolute atomic E-state index is 0.128. The van der Waals surface area contributed by atoms with Gasteiger partial charge in [-0.3, -0.25) is 5.10 Å². The van der Waals surface area contributed by atoms with Gasteiger partial charge in [0.15, 0.2) is 5.03 Å². The standard InChI is InChI=1S/C10H16BrN3O2S/c11-9-3-1-2-8(6-9)7-13-17(15,16)10-4-5-12-14-10/h4-5,8-9,13H,1-3,6-7H2,(H,12,14). The van der Waals surface area contributed by atoms with E-state index in [1.54, 1.807) is 0 Å². The molecule has 0 spiro atoms. The molecule has 0 aliphatic heterocycles. The molecule has 1 saturated carbocycles. The summed E-state index contributed by atoms with van der Waals surface area (Å²) in [6, 6.07) is 1.45. The van der Waals surface area contributed by atoms with Crippen LogP contribution in [0.4, 0.5) is 0 Å². The van der Waals surface area contributed by atoms with Crippen LogP contribution < -0.4 is 4.72 Å². The van der Waals surface area contributed by atoms with Gasteiger partial charge < -0.3 is 0 Å². The number of sulfonamides is 1. The first-order chi connectivity index (χ1) is 8.08. The third-order valence-electron chi connectivity index (χ3n) is 3.05. The minimum atomic E-state index is -3.42. The molecule has 0 saturated heterocycles. The first-order valence-corrected chi connectivity index (χ1v) is 8.11. The molecule has 5 nitrogen and oxygen atoms in total. The number of nitrogens with zero attached hydrogens (tertiary/aromatic N) is 1. The van der Waals surface area contributed by atoms with Crippen molar-refractivity contribution in [1.82, 2.24) is 14.9 Å². The van der Waals surface area contributed by atoms with Crippen LogP contribution in [0.5, 0.6) is 0 Å². The first-order valence-electron chi connectivity index (χ1n) is 5.71. The molecule has 0 radical (unpaired) electrons. The van der Waals surface area contributed by atoms with Gasteiger partial charge in [-0.2, -0.15) is 5.10 Å². The lowest BCUT2D eigenvalue weighted by atomic mass is 9.89. The predicted molar refractivity (Wildman–Crippen MR) is 68.4 cm³/mol. The number of H-pyrrole nitrogens is 1. The van der Waals surface area contributed by atoms with E-state index in [1.165, 1.54) is 18.7 Å². The summed E-state index contributed by atoms with van der Waals surface area (Å²) in [5.41, 5.74) is 0. The van der Waals surface area contributed by atoms with Crippen molar-refractivity contribution in [2.45, 2.75) is 35.5 Å². The van der Waals surface area contributed by atoms with Crippen molar-refractivity contribution in [2.75, 3.05) is 6.54 Å². The van der Waals surface area contributed by atoms with Crippen LogP contribution in [0.1, 0.15) is 25.7 Å². The van der Waals surface area contributed by atoms with E-state index < -0.39 is 10.0 Å². The number of hydrogen-bond donors (Lipinski definition) is 2. The molecular weight excluding hydrogens is 306 g/mol. The molecular formula is C10H16BrN3O2S. The fourth-order valence-corrected chi connectivity index (χ4v) is 3.98. The molecule has 0 aromatic carbocycles. The van der Waals surface area contributed by atoms with Gasteiger partial charge in [0.25, 0.3) is 10.0 Å². The SMILES string of the molecule is O=S(=O)(NCC1CCCC(Br)C1)c1ccn[nH]1. The van der Waals surface area contributed by atoms with Crippen molar-refractivity contribution in [3.05, 3.63) is 12.3 Å². The highest BCUT2D eigenvalue weighted by Crippen LogP contribution is 2.28. The van der Waals surface area contributed by atoms with Gasteiger partial charge in [-0.25, -0.2) is 13.1 Å². The second-order valence-electron chi connectivity index (χ2n) is 4.40. The van der Waals surface area contributed by atoms with Gasteiger partial charge in [-0.15, -0.1) is 0 Å².